The zero-order chi connectivity index (χ0) is 13.6. The Morgan fingerprint density at radius 3 is 2.40 bits per heavy atom. The highest BCUT2D eigenvalue weighted by Crippen LogP contribution is 2.59. The van der Waals surface area contributed by atoms with Crippen LogP contribution in [0.15, 0.2) is 12.3 Å². The number of nitrogens with one attached hydrogen (secondary N) is 1. The van der Waals surface area contributed by atoms with Gasteiger partial charge < -0.3 is 5.32 Å². The fourth-order valence-electron chi connectivity index (χ4n) is 5.57. The monoisotopic (exact) mass is 271 g/mol. The average molecular weight is 271 g/mol. The van der Waals surface area contributed by atoms with Crippen LogP contribution in [0.25, 0.3) is 0 Å². The molecule has 20 heavy (non-hydrogen) atoms. The summed E-state index contributed by atoms with van der Waals surface area (Å²) >= 11 is 0. The summed E-state index contributed by atoms with van der Waals surface area (Å²) in [4.78, 5) is 8.65. The summed E-state index contributed by atoms with van der Waals surface area (Å²) in [7, 11) is 0. The predicted octanol–water partition coefficient (Wildman–Crippen LogP) is 3.09. The molecule has 0 atom stereocenters. The third-order valence-electron chi connectivity index (χ3n) is 5.80. The van der Waals surface area contributed by atoms with Crippen molar-refractivity contribution in [3.8, 4) is 0 Å². The first-order chi connectivity index (χ1) is 9.71. The van der Waals surface area contributed by atoms with E-state index in [4.69, 9.17) is 0 Å². The molecule has 4 aliphatic rings. The van der Waals surface area contributed by atoms with Gasteiger partial charge in [0.15, 0.2) is 0 Å². The van der Waals surface area contributed by atoms with E-state index in [1.807, 2.05) is 19.2 Å². The topological polar surface area (TPSA) is 37.8 Å². The zero-order valence-electron chi connectivity index (χ0n) is 12.4. The van der Waals surface area contributed by atoms with Crippen molar-refractivity contribution in [1.82, 2.24) is 15.3 Å². The van der Waals surface area contributed by atoms with Crippen molar-refractivity contribution in [2.75, 3.05) is 6.54 Å². The summed E-state index contributed by atoms with van der Waals surface area (Å²) < 4.78 is 0. The van der Waals surface area contributed by atoms with Crippen LogP contribution in [-0.4, -0.2) is 16.5 Å². The van der Waals surface area contributed by atoms with Crippen LogP contribution in [0.4, 0.5) is 0 Å². The normalized spacial score (nSPS) is 38.4. The molecule has 0 radical (unpaired) electrons. The molecule has 4 bridgehead atoms. The third kappa shape index (κ3) is 2.37. The van der Waals surface area contributed by atoms with E-state index >= 15 is 0 Å². The standard InChI is InChI=1S/C17H25N3/c1-12-19-3-2-16(20-12)10-18-11-17-7-13-4-14(8-17)6-15(5-13)9-17/h2-3,13-15,18H,4-11H2,1H3. The Labute approximate surface area is 121 Å². The van der Waals surface area contributed by atoms with E-state index in [9.17, 15) is 0 Å². The Kier molecular flexibility index (Phi) is 3.06. The van der Waals surface area contributed by atoms with Crippen molar-refractivity contribution in [3.05, 3.63) is 23.8 Å². The number of hydrogen-bond acceptors (Lipinski definition) is 3. The van der Waals surface area contributed by atoms with Crippen LogP contribution in [0.3, 0.4) is 0 Å². The molecule has 108 valence electrons. The van der Waals surface area contributed by atoms with Crippen LogP contribution in [0, 0.1) is 30.1 Å². The maximum absolute atomic E-state index is 4.48. The summed E-state index contributed by atoms with van der Waals surface area (Å²) in [5, 5.41) is 3.70. The molecule has 1 aromatic heterocycles. The summed E-state index contributed by atoms with van der Waals surface area (Å²) in [5.41, 5.74) is 1.75. The van der Waals surface area contributed by atoms with Crippen molar-refractivity contribution < 1.29 is 0 Å². The molecule has 0 spiro atoms. The number of hydrogen-bond donors (Lipinski definition) is 1. The highest BCUT2D eigenvalue weighted by Gasteiger charge is 2.50. The number of nitrogens with zero attached hydrogens (tertiary/aromatic N) is 2. The van der Waals surface area contributed by atoms with Crippen LogP contribution in [0.5, 0.6) is 0 Å². The van der Waals surface area contributed by atoms with Gasteiger partial charge >= 0.3 is 0 Å². The van der Waals surface area contributed by atoms with Crippen molar-refractivity contribution in [3.63, 3.8) is 0 Å². The largest absolute Gasteiger partial charge is 0.311 e. The molecule has 0 amide bonds. The molecule has 0 aliphatic heterocycles. The molecule has 4 aliphatic carbocycles. The van der Waals surface area contributed by atoms with Crippen LogP contribution in [-0.2, 0) is 6.54 Å². The summed E-state index contributed by atoms with van der Waals surface area (Å²) in [6.45, 7) is 4.05. The van der Waals surface area contributed by atoms with E-state index in [-0.39, 0.29) is 0 Å². The lowest BCUT2D eigenvalue weighted by molar-refractivity contribution is -0.0514. The van der Waals surface area contributed by atoms with Gasteiger partial charge in [0.2, 0.25) is 0 Å². The second kappa shape index (κ2) is 4.80. The second-order valence-corrected chi connectivity index (χ2v) is 7.62. The van der Waals surface area contributed by atoms with E-state index in [0.29, 0.717) is 5.41 Å². The quantitative estimate of drug-likeness (QED) is 0.914. The smallest absolute Gasteiger partial charge is 0.125 e. The lowest BCUT2D eigenvalue weighted by Crippen LogP contribution is -2.50. The van der Waals surface area contributed by atoms with Crippen molar-refractivity contribution in [1.29, 1.82) is 0 Å². The Balaban J connectivity index is 1.37. The third-order valence-corrected chi connectivity index (χ3v) is 5.80. The highest BCUT2D eigenvalue weighted by atomic mass is 14.9. The Hall–Kier alpha value is -0.960. The van der Waals surface area contributed by atoms with E-state index in [0.717, 1.165) is 35.8 Å². The maximum atomic E-state index is 4.48. The summed E-state index contributed by atoms with van der Waals surface area (Å²) in [6, 6.07) is 2.03. The second-order valence-electron chi connectivity index (χ2n) is 7.62. The first kappa shape index (κ1) is 12.8. The van der Waals surface area contributed by atoms with E-state index in [1.54, 1.807) is 0 Å². The highest BCUT2D eigenvalue weighted by molar-refractivity contribution is 5.04. The van der Waals surface area contributed by atoms with Crippen molar-refractivity contribution in [2.24, 2.45) is 23.2 Å². The lowest BCUT2D eigenvalue weighted by atomic mass is 9.49. The average Bonchev–Trinajstić information content (AvgIpc) is 2.36. The molecule has 3 nitrogen and oxygen atoms in total. The van der Waals surface area contributed by atoms with Crippen LogP contribution in [0.2, 0.25) is 0 Å². The van der Waals surface area contributed by atoms with Gasteiger partial charge in [-0.05, 0) is 74.7 Å². The van der Waals surface area contributed by atoms with Gasteiger partial charge in [0.05, 0.1) is 5.69 Å². The van der Waals surface area contributed by atoms with Crippen molar-refractivity contribution >= 4 is 0 Å². The van der Waals surface area contributed by atoms with Crippen molar-refractivity contribution in [2.45, 2.75) is 52.0 Å². The molecule has 1 N–H and O–H groups in total. The lowest BCUT2D eigenvalue weighted by Gasteiger charge is -2.57. The minimum atomic E-state index is 0.622. The van der Waals surface area contributed by atoms with Gasteiger partial charge in [-0.2, -0.15) is 0 Å². The van der Waals surface area contributed by atoms with Crippen LogP contribution in [0.1, 0.15) is 50.0 Å². The Bertz CT molecular complexity index is 461. The molecule has 0 unspecified atom stereocenters. The van der Waals surface area contributed by atoms with Gasteiger partial charge in [0.25, 0.3) is 0 Å². The summed E-state index contributed by atoms with van der Waals surface area (Å²) in [5.74, 6) is 4.01. The number of aromatic nitrogens is 2. The fourth-order valence-corrected chi connectivity index (χ4v) is 5.57. The molecular weight excluding hydrogens is 246 g/mol. The number of aryl methyl sites for hydroxylation is 1. The minimum Gasteiger partial charge on any atom is -0.311 e. The molecule has 5 rings (SSSR count). The minimum absolute atomic E-state index is 0.622. The molecule has 4 saturated carbocycles. The van der Waals surface area contributed by atoms with Crippen LogP contribution < -0.4 is 5.32 Å². The molecular formula is C17H25N3. The molecule has 0 aromatic carbocycles. The molecule has 1 heterocycles. The van der Waals surface area contributed by atoms with E-state index in [2.05, 4.69) is 15.3 Å². The predicted molar refractivity (Wildman–Crippen MR) is 79.1 cm³/mol. The van der Waals surface area contributed by atoms with Gasteiger partial charge in [-0.3, -0.25) is 0 Å². The van der Waals surface area contributed by atoms with Gasteiger partial charge in [-0.15, -0.1) is 0 Å². The first-order valence-electron chi connectivity index (χ1n) is 8.20. The van der Waals surface area contributed by atoms with E-state index in [1.165, 1.54) is 45.1 Å². The molecule has 3 heteroatoms. The fraction of sp³-hybridized carbons (Fsp3) is 0.765. The van der Waals surface area contributed by atoms with E-state index < -0.39 is 0 Å². The van der Waals surface area contributed by atoms with Gasteiger partial charge in [0, 0.05) is 19.3 Å². The number of rotatable bonds is 4. The molecule has 4 fully saturated rings. The Morgan fingerprint density at radius 2 is 1.80 bits per heavy atom. The van der Waals surface area contributed by atoms with Gasteiger partial charge in [-0.25, -0.2) is 9.97 Å². The zero-order valence-corrected chi connectivity index (χ0v) is 12.4. The maximum Gasteiger partial charge on any atom is 0.125 e. The Morgan fingerprint density at radius 1 is 1.15 bits per heavy atom. The SMILES string of the molecule is Cc1nccc(CNCC23CC4CC(CC(C4)C2)C3)n1. The van der Waals surface area contributed by atoms with Crippen LogP contribution >= 0.6 is 0 Å². The first-order valence-corrected chi connectivity index (χ1v) is 8.20. The van der Waals surface area contributed by atoms with Gasteiger partial charge in [-0.1, -0.05) is 0 Å². The molecule has 1 aromatic rings. The van der Waals surface area contributed by atoms with Gasteiger partial charge in [0.1, 0.15) is 5.82 Å². The molecule has 0 saturated heterocycles. The summed E-state index contributed by atoms with van der Waals surface area (Å²) in [6.07, 6.45) is 10.9.